The highest BCUT2D eigenvalue weighted by molar-refractivity contribution is 5.77. The van der Waals surface area contributed by atoms with Crippen LogP contribution in [-0.4, -0.2) is 49.7 Å². The summed E-state index contributed by atoms with van der Waals surface area (Å²) in [7, 11) is 3.48. The monoisotopic (exact) mass is 216 g/mol. The number of carbonyl (C=O) groups excluding carboxylic acids is 1. The summed E-state index contributed by atoms with van der Waals surface area (Å²) in [6.45, 7) is 5.33. The van der Waals surface area contributed by atoms with Gasteiger partial charge in [0.15, 0.2) is 0 Å². The van der Waals surface area contributed by atoms with Crippen LogP contribution in [0.2, 0.25) is 0 Å². The zero-order valence-electron chi connectivity index (χ0n) is 10.3. The Morgan fingerprint density at radius 2 is 1.87 bits per heavy atom. The third-order valence-electron chi connectivity index (χ3n) is 3.11. The van der Waals surface area contributed by atoms with Crippen LogP contribution in [0.3, 0.4) is 0 Å². The van der Waals surface area contributed by atoms with E-state index in [1.54, 1.807) is 19.0 Å². The molecule has 4 heteroatoms. The Hall–Kier alpha value is -0.610. The third-order valence-corrected chi connectivity index (χ3v) is 3.11. The molecule has 0 fully saturated rings. The molecule has 4 nitrogen and oxygen atoms in total. The summed E-state index contributed by atoms with van der Waals surface area (Å²) in [6.07, 6.45) is 1.84. The minimum atomic E-state index is -0.0768. The van der Waals surface area contributed by atoms with Crippen molar-refractivity contribution in [2.75, 3.05) is 33.8 Å². The maximum Gasteiger partial charge on any atom is 0.236 e. The van der Waals surface area contributed by atoms with E-state index in [2.05, 4.69) is 19.2 Å². The number of aliphatic hydroxyl groups excluding tert-OH is 1. The molecule has 0 radical (unpaired) electrons. The number of nitrogens with one attached hydrogen (secondary N) is 1. The second kappa shape index (κ2) is 6.80. The Morgan fingerprint density at radius 1 is 1.33 bits per heavy atom. The number of aliphatic hydroxyl groups is 1. The fraction of sp³-hybridized carbons (Fsp3) is 0.909. The summed E-state index contributed by atoms with van der Waals surface area (Å²) in [5.41, 5.74) is -0.0768. The maximum atomic E-state index is 11.3. The number of amides is 1. The summed E-state index contributed by atoms with van der Waals surface area (Å²) in [4.78, 5) is 12.9. The van der Waals surface area contributed by atoms with Gasteiger partial charge in [0.2, 0.25) is 5.91 Å². The molecule has 0 aliphatic heterocycles. The molecule has 0 aliphatic rings. The van der Waals surface area contributed by atoms with Crippen LogP contribution in [0.25, 0.3) is 0 Å². The molecule has 0 unspecified atom stereocenters. The molecule has 0 spiro atoms. The van der Waals surface area contributed by atoms with E-state index in [9.17, 15) is 9.90 Å². The van der Waals surface area contributed by atoms with Crippen LogP contribution in [0.15, 0.2) is 0 Å². The zero-order valence-corrected chi connectivity index (χ0v) is 10.3. The van der Waals surface area contributed by atoms with E-state index in [0.29, 0.717) is 13.1 Å². The van der Waals surface area contributed by atoms with Crippen LogP contribution in [-0.2, 0) is 4.79 Å². The Kier molecular flexibility index (Phi) is 6.52. The Bertz CT molecular complexity index is 181. The predicted octanol–water partition coefficient (Wildman–Crippen LogP) is 0.463. The fourth-order valence-corrected chi connectivity index (χ4v) is 1.37. The van der Waals surface area contributed by atoms with Crippen LogP contribution in [0.4, 0.5) is 0 Å². The van der Waals surface area contributed by atoms with Crippen molar-refractivity contribution in [1.29, 1.82) is 0 Å². The number of rotatable bonds is 7. The van der Waals surface area contributed by atoms with Crippen molar-refractivity contribution in [1.82, 2.24) is 10.2 Å². The minimum absolute atomic E-state index is 0.0639. The lowest BCUT2D eigenvalue weighted by Crippen LogP contribution is -2.41. The maximum absolute atomic E-state index is 11.3. The summed E-state index contributed by atoms with van der Waals surface area (Å²) >= 11 is 0. The van der Waals surface area contributed by atoms with Crippen molar-refractivity contribution in [3.63, 3.8) is 0 Å². The van der Waals surface area contributed by atoms with Crippen LogP contribution in [0.1, 0.15) is 26.7 Å². The predicted molar refractivity (Wildman–Crippen MR) is 61.7 cm³/mol. The number of nitrogens with zero attached hydrogens (tertiary/aromatic N) is 1. The highest BCUT2D eigenvalue weighted by atomic mass is 16.3. The van der Waals surface area contributed by atoms with Gasteiger partial charge in [-0.15, -0.1) is 0 Å². The van der Waals surface area contributed by atoms with Crippen molar-refractivity contribution in [3.05, 3.63) is 0 Å². The molecule has 0 aromatic heterocycles. The lowest BCUT2D eigenvalue weighted by Gasteiger charge is -2.29. The Balaban J connectivity index is 3.96. The second-order valence-electron chi connectivity index (χ2n) is 4.26. The summed E-state index contributed by atoms with van der Waals surface area (Å²) < 4.78 is 0. The van der Waals surface area contributed by atoms with Gasteiger partial charge in [0.05, 0.1) is 6.54 Å². The first-order valence-electron chi connectivity index (χ1n) is 5.53. The van der Waals surface area contributed by atoms with Crippen molar-refractivity contribution in [2.24, 2.45) is 5.41 Å². The van der Waals surface area contributed by atoms with Gasteiger partial charge in [0, 0.05) is 32.7 Å². The number of hydrogen-bond acceptors (Lipinski definition) is 3. The van der Waals surface area contributed by atoms with Crippen molar-refractivity contribution in [3.8, 4) is 0 Å². The molecule has 2 N–H and O–H groups in total. The molecule has 1 amide bonds. The number of hydrogen-bond donors (Lipinski definition) is 2. The van der Waals surface area contributed by atoms with Gasteiger partial charge in [-0.1, -0.05) is 13.8 Å². The second-order valence-corrected chi connectivity index (χ2v) is 4.26. The molecule has 0 heterocycles. The summed E-state index contributed by atoms with van der Waals surface area (Å²) in [5, 5.41) is 12.4. The zero-order chi connectivity index (χ0) is 11.9. The molecule has 0 atom stereocenters. The Morgan fingerprint density at radius 3 is 2.20 bits per heavy atom. The topological polar surface area (TPSA) is 52.6 Å². The van der Waals surface area contributed by atoms with Crippen LogP contribution >= 0.6 is 0 Å². The molecule has 0 saturated carbocycles. The SMILES string of the molecule is CCC(CC)(CO)CNCC(=O)N(C)C. The summed E-state index contributed by atoms with van der Waals surface area (Å²) in [5.74, 6) is 0.0639. The molecule has 0 bridgehead atoms. The quantitative estimate of drug-likeness (QED) is 0.650. The van der Waals surface area contributed by atoms with E-state index in [-0.39, 0.29) is 17.9 Å². The number of likely N-dealkylation sites (N-methyl/N-ethyl adjacent to an activating group) is 1. The van der Waals surface area contributed by atoms with Crippen molar-refractivity contribution >= 4 is 5.91 Å². The average Bonchev–Trinajstić information content (AvgIpc) is 2.24. The molecule has 90 valence electrons. The van der Waals surface area contributed by atoms with Crippen molar-refractivity contribution < 1.29 is 9.90 Å². The molecular weight excluding hydrogens is 192 g/mol. The first kappa shape index (κ1) is 14.4. The van der Waals surface area contributed by atoms with E-state index in [1.807, 2.05) is 0 Å². The van der Waals surface area contributed by atoms with E-state index >= 15 is 0 Å². The van der Waals surface area contributed by atoms with Gasteiger partial charge in [-0.3, -0.25) is 4.79 Å². The minimum Gasteiger partial charge on any atom is -0.396 e. The van der Waals surface area contributed by atoms with Gasteiger partial charge in [0.25, 0.3) is 0 Å². The highest BCUT2D eigenvalue weighted by Gasteiger charge is 2.24. The fourth-order valence-electron chi connectivity index (χ4n) is 1.37. The lowest BCUT2D eigenvalue weighted by molar-refractivity contribution is -0.127. The Labute approximate surface area is 92.7 Å². The van der Waals surface area contributed by atoms with Crippen LogP contribution in [0.5, 0.6) is 0 Å². The molecule has 0 aliphatic carbocycles. The molecule has 0 aromatic rings. The molecule has 15 heavy (non-hydrogen) atoms. The van der Waals surface area contributed by atoms with E-state index < -0.39 is 0 Å². The molecule has 0 aromatic carbocycles. The normalized spacial score (nSPS) is 11.5. The lowest BCUT2D eigenvalue weighted by atomic mass is 9.83. The van der Waals surface area contributed by atoms with Gasteiger partial charge in [-0.25, -0.2) is 0 Å². The average molecular weight is 216 g/mol. The molecule has 0 rings (SSSR count). The van der Waals surface area contributed by atoms with E-state index in [0.717, 1.165) is 12.8 Å². The number of carbonyl (C=O) groups is 1. The molecular formula is C11H24N2O2. The standard InChI is InChI=1S/C11H24N2O2/c1-5-11(6-2,9-14)8-12-7-10(15)13(3)4/h12,14H,5-9H2,1-4H3. The van der Waals surface area contributed by atoms with Crippen LogP contribution in [0, 0.1) is 5.41 Å². The van der Waals surface area contributed by atoms with Gasteiger partial charge < -0.3 is 15.3 Å². The molecule has 0 saturated heterocycles. The highest BCUT2D eigenvalue weighted by Crippen LogP contribution is 2.24. The third kappa shape index (κ3) is 4.62. The van der Waals surface area contributed by atoms with E-state index in [1.165, 1.54) is 0 Å². The van der Waals surface area contributed by atoms with Crippen molar-refractivity contribution in [2.45, 2.75) is 26.7 Å². The van der Waals surface area contributed by atoms with Gasteiger partial charge in [-0.05, 0) is 12.8 Å². The first-order valence-corrected chi connectivity index (χ1v) is 5.53. The largest absolute Gasteiger partial charge is 0.396 e. The van der Waals surface area contributed by atoms with Gasteiger partial charge in [-0.2, -0.15) is 0 Å². The first-order chi connectivity index (χ1) is 7.01. The van der Waals surface area contributed by atoms with E-state index in [4.69, 9.17) is 0 Å². The summed E-state index contributed by atoms with van der Waals surface area (Å²) in [6, 6.07) is 0. The van der Waals surface area contributed by atoms with Gasteiger partial charge >= 0.3 is 0 Å². The van der Waals surface area contributed by atoms with Crippen LogP contribution < -0.4 is 5.32 Å². The smallest absolute Gasteiger partial charge is 0.236 e. The van der Waals surface area contributed by atoms with Gasteiger partial charge in [0.1, 0.15) is 0 Å².